The van der Waals surface area contributed by atoms with E-state index in [0.717, 1.165) is 11.1 Å². The Morgan fingerprint density at radius 3 is 2.46 bits per heavy atom. The second kappa shape index (κ2) is 5.77. The van der Waals surface area contributed by atoms with Crippen LogP contribution in [0.5, 0.6) is 0 Å². The van der Waals surface area contributed by atoms with E-state index in [1.165, 1.54) is 9.13 Å². The number of carbonyl (C=O) groups excluding carboxylic acids is 1. The molecule has 0 bridgehead atoms. The first-order chi connectivity index (χ1) is 11.3. The number of aliphatic carboxylic acids is 1. The zero-order valence-electron chi connectivity index (χ0n) is 13.6. The Balaban J connectivity index is 2.19. The largest absolute Gasteiger partial charge is 0.480 e. The molecule has 1 heterocycles. The highest BCUT2D eigenvalue weighted by molar-refractivity contribution is 6.18. The van der Waals surface area contributed by atoms with Gasteiger partial charge in [0.1, 0.15) is 5.41 Å². The minimum atomic E-state index is -1.41. The highest BCUT2D eigenvalue weighted by atomic mass is 35.5. The van der Waals surface area contributed by atoms with Crippen molar-refractivity contribution in [3.05, 3.63) is 33.7 Å². The molecule has 6 nitrogen and oxygen atoms in total. The molecule has 1 unspecified atom stereocenters. The second-order valence-corrected chi connectivity index (χ2v) is 6.79. The Morgan fingerprint density at radius 1 is 1.25 bits per heavy atom. The Kier molecular flexibility index (Phi) is 4.03. The van der Waals surface area contributed by atoms with Gasteiger partial charge in [0.2, 0.25) is 0 Å². The summed E-state index contributed by atoms with van der Waals surface area (Å²) in [5, 5.41) is 9.70. The highest BCUT2D eigenvalue weighted by Gasteiger charge is 2.48. The second-order valence-electron chi connectivity index (χ2n) is 6.41. The maximum absolute atomic E-state index is 13.0. The number of hydrogen-bond acceptors (Lipinski definition) is 3. The van der Waals surface area contributed by atoms with E-state index in [0.29, 0.717) is 29.8 Å². The first kappa shape index (κ1) is 16.8. The molecule has 0 aliphatic heterocycles. The number of ketones is 1. The fraction of sp³-hybridized carbons (Fsp3) is 0.471. The average Bonchev–Trinajstić information content (AvgIpc) is 2.77. The van der Waals surface area contributed by atoms with Crippen molar-refractivity contribution in [1.82, 2.24) is 9.13 Å². The van der Waals surface area contributed by atoms with E-state index < -0.39 is 11.4 Å². The monoisotopic (exact) mass is 350 g/mol. The molecule has 0 saturated heterocycles. The number of Topliss-reactive ketones (excluding diaryl/α,β-unsaturated/α-hetero) is 1. The van der Waals surface area contributed by atoms with Crippen LogP contribution >= 0.6 is 11.6 Å². The van der Waals surface area contributed by atoms with Crippen molar-refractivity contribution >= 4 is 34.4 Å². The highest BCUT2D eigenvalue weighted by Crippen LogP contribution is 2.40. The van der Waals surface area contributed by atoms with Crippen LogP contribution in [0.4, 0.5) is 0 Å². The Hall–Kier alpha value is -2.08. The molecule has 24 heavy (non-hydrogen) atoms. The molecule has 2 aromatic rings. The molecule has 0 saturated carbocycles. The van der Waals surface area contributed by atoms with Gasteiger partial charge in [-0.3, -0.25) is 18.7 Å². The molecule has 3 rings (SSSR count). The number of alkyl halides is 1. The molecule has 1 N–H and O–H groups in total. The summed E-state index contributed by atoms with van der Waals surface area (Å²) in [4.78, 5) is 37.0. The Morgan fingerprint density at radius 2 is 1.88 bits per heavy atom. The number of rotatable bonds is 4. The van der Waals surface area contributed by atoms with Crippen LogP contribution in [0.1, 0.15) is 35.2 Å². The summed E-state index contributed by atoms with van der Waals surface area (Å²) < 4.78 is 3.01. The molecule has 1 aromatic carbocycles. The van der Waals surface area contributed by atoms with Crippen molar-refractivity contribution in [1.29, 1.82) is 0 Å². The fourth-order valence-corrected chi connectivity index (χ4v) is 3.78. The molecule has 1 aliphatic carbocycles. The summed E-state index contributed by atoms with van der Waals surface area (Å²) >= 11 is 5.71. The Bertz CT molecular complexity index is 911. The maximum atomic E-state index is 13.0. The summed E-state index contributed by atoms with van der Waals surface area (Å²) in [5.41, 5.74) is 1.00. The molecule has 1 aliphatic rings. The smallest absolute Gasteiger partial charge is 0.328 e. The van der Waals surface area contributed by atoms with Crippen LogP contribution in [0.15, 0.2) is 16.9 Å². The van der Waals surface area contributed by atoms with Gasteiger partial charge in [-0.05, 0) is 43.4 Å². The van der Waals surface area contributed by atoms with E-state index in [1.54, 1.807) is 20.2 Å². The lowest BCUT2D eigenvalue weighted by molar-refractivity contribution is -0.146. The minimum Gasteiger partial charge on any atom is -0.480 e. The van der Waals surface area contributed by atoms with Gasteiger partial charge in [-0.25, -0.2) is 4.79 Å². The van der Waals surface area contributed by atoms with E-state index in [4.69, 9.17) is 11.6 Å². The van der Waals surface area contributed by atoms with Crippen molar-refractivity contribution in [3.8, 4) is 0 Å². The van der Waals surface area contributed by atoms with Gasteiger partial charge in [0, 0.05) is 25.5 Å². The van der Waals surface area contributed by atoms with E-state index >= 15 is 0 Å². The van der Waals surface area contributed by atoms with Gasteiger partial charge in [0.15, 0.2) is 5.78 Å². The normalized spacial score (nSPS) is 20.4. The van der Waals surface area contributed by atoms with E-state index in [-0.39, 0.29) is 24.3 Å². The fourth-order valence-electron chi connectivity index (χ4n) is 3.64. The van der Waals surface area contributed by atoms with Gasteiger partial charge in [-0.2, -0.15) is 0 Å². The van der Waals surface area contributed by atoms with Gasteiger partial charge in [-0.15, -0.1) is 11.6 Å². The van der Waals surface area contributed by atoms with Crippen molar-refractivity contribution in [2.75, 3.05) is 5.88 Å². The number of fused-ring (bicyclic) bond motifs is 2. The zero-order chi connectivity index (χ0) is 17.6. The number of imidazole rings is 1. The molecular formula is C17H19ClN2O4. The molecular weight excluding hydrogens is 332 g/mol. The lowest BCUT2D eigenvalue weighted by Crippen LogP contribution is -2.43. The van der Waals surface area contributed by atoms with Crippen LogP contribution in [-0.4, -0.2) is 31.9 Å². The number of hydrogen-bond donors (Lipinski definition) is 1. The molecule has 0 radical (unpaired) electrons. The Labute approximate surface area is 143 Å². The lowest BCUT2D eigenvalue weighted by Gasteiger charge is -2.33. The topological polar surface area (TPSA) is 81.3 Å². The summed E-state index contributed by atoms with van der Waals surface area (Å²) in [7, 11) is 3.33. The maximum Gasteiger partial charge on any atom is 0.328 e. The molecule has 0 spiro atoms. The number of nitrogens with zero attached hydrogens (tertiary/aromatic N) is 2. The first-order valence-electron chi connectivity index (χ1n) is 7.86. The predicted octanol–water partition coefficient (Wildman–Crippen LogP) is 2.10. The van der Waals surface area contributed by atoms with Crippen molar-refractivity contribution in [2.45, 2.75) is 25.7 Å². The van der Waals surface area contributed by atoms with Crippen molar-refractivity contribution in [2.24, 2.45) is 19.5 Å². The third kappa shape index (κ3) is 2.20. The van der Waals surface area contributed by atoms with Crippen molar-refractivity contribution < 1.29 is 14.7 Å². The number of carboxylic acids is 1. The number of aromatic nitrogens is 2. The van der Waals surface area contributed by atoms with Gasteiger partial charge < -0.3 is 5.11 Å². The van der Waals surface area contributed by atoms with E-state index in [1.807, 2.05) is 6.07 Å². The van der Waals surface area contributed by atoms with Crippen LogP contribution in [-0.2, 0) is 25.3 Å². The van der Waals surface area contributed by atoms with Gasteiger partial charge in [0.25, 0.3) is 0 Å². The first-order valence-corrected chi connectivity index (χ1v) is 8.39. The van der Waals surface area contributed by atoms with Crippen molar-refractivity contribution in [3.63, 3.8) is 0 Å². The lowest BCUT2D eigenvalue weighted by atomic mass is 9.68. The van der Waals surface area contributed by atoms with Crippen LogP contribution in [0, 0.1) is 5.41 Å². The summed E-state index contributed by atoms with van der Waals surface area (Å²) in [6, 6.07) is 3.49. The van der Waals surface area contributed by atoms with Gasteiger partial charge >= 0.3 is 11.7 Å². The SMILES string of the molecule is Cn1c(=O)n(C)c2cc3c(cc21)CCC(CCCCl)(C(=O)O)C3=O. The third-order valence-corrected chi connectivity index (χ3v) is 5.41. The van der Waals surface area contributed by atoms with E-state index in [9.17, 15) is 19.5 Å². The van der Waals surface area contributed by atoms with Crippen LogP contribution < -0.4 is 5.69 Å². The average molecular weight is 351 g/mol. The third-order valence-electron chi connectivity index (χ3n) is 5.14. The molecule has 1 aromatic heterocycles. The number of carboxylic acid groups (broad SMARTS) is 1. The standard InChI is InChI=1S/C17H19ClN2O4/c1-19-12-8-10-4-6-17(15(22)23,5-3-7-18)14(21)11(10)9-13(12)20(2)16(19)24/h8-9H,3-7H2,1-2H3,(H,22,23). The van der Waals surface area contributed by atoms with Gasteiger partial charge in [-0.1, -0.05) is 0 Å². The van der Waals surface area contributed by atoms with Gasteiger partial charge in [0.05, 0.1) is 11.0 Å². The summed E-state index contributed by atoms with van der Waals surface area (Å²) in [5.74, 6) is -1.15. The predicted molar refractivity (Wildman–Crippen MR) is 90.8 cm³/mol. The van der Waals surface area contributed by atoms with Crippen LogP contribution in [0.3, 0.4) is 0 Å². The number of benzene rings is 1. The summed E-state index contributed by atoms with van der Waals surface area (Å²) in [6.07, 6.45) is 1.46. The molecule has 7 heteroatoms. The quantitative estimate of drug-likeness (QED) is 0.676. The molecule has 0 fully saturated rings. The number of halogens is 1. The number of aryl methyl sites for hydroxylation is 3. The van der Waals surface area contributed by atoms with E-state index in [2.05, 4.69) is 0 Å². The summed E-state index contributed by atoms with van der Waals surface area (Å²) in [6.45, 7) is 0. The molecule has 0 amide bonds. The molecule has 1 atom stereocenters. The van der Waals surface area contributed by atoms with Crippen LogP contribution in [0.2, 0.25) is 0 Å². The number of carbonyl (C=O) groups is 2. The minimum absolute atomic E-state index is 0.175. The molecule has 128 valence electrons. The zero-order valence-corrected chi connectivity index (χ0v) is 14.4. The van der Waals surface area contributed by atoms with Crippen LogP contribution in [0.25, 0.3) is 11.0 Å².